The molecule has 0 spiro atoms. The second kappa shape index (κ2) is 6.18. The van der Waals surface area contributed by atoms with E-state index in [0.717, 1.165) is 0 Å². The maximum atomic E-state index is 11.9. The molecule has 0 heterocycles. The summed E-state index contributed by atoms with van der Waals surface area (Å²) in [6.45, 7) is 9.38. The predicted octanol–water partition coefficient (Wildman–Crippen LogP) is 1.37. The van der Waals surface area contributed by atoms with E-state index in [-0.39, 0.29) is 17.9 Å². The number of nitrogens with two attached hydrogens (primary N) is 1. The van der Waals surface area contributed by atoms with Gasteiger partial charge in [-0.05, 0) is 18.3 Å². The highest BCUT2D eigenvalue weighted by Crippen LogP contribution is 2.26. The monoisotopic (exact) mass is 258 g/mol. The lowest BCUT2D eigenvalue weighted by Crippen LogP contribution is -2.52. The quantitative estimate of drug-likeness (QED) is 0.671. The van der Waals surface area contributed by atoms with E-state index in [1.54, 1.807) is 0 Å². The van der Waals surface area contributed by atoms with E-state index in [4.69, 9.17) is 5.73 Å². The van der Waals surface area contributed by atoms with Crippen LogP contribution in [0.25, 0.3) is 0 Å². The second-order valence-electron chi connectivity index (χ2n) is 5.85. The predicted molar refractivity (Wildman–Crippen MR) is 71.1 cm³/mol. The maximum absolute atomic E-state index is 11.9. The van der Waals surface area contributed by atoms with Gasteiger partial charge >= 0.3 is 5.97 Å². The normalized spacial score (nSPS) is 14.1. The molecule has 0 radical (unpaired) electrons. The van der Waals surface area contributed by atoms with Gasteiger partial charge in [-0.2, -0.15) is 0 Å². The van der Waals surface area contributed by atoms with E-state index >= 15 is 0 Å². The molecule has 0 aliphatic carbocycles. The van der Waals surface area contributed by atoms with Gasteiger partial charge in [-0.15, -0.1) is 0 Å². The molecule has 18 heavy (non-hydrogen) atoms. The van der Waals surface area contributed by atoms with Crippen LogP contribution in [0.5, 0.6) is 0 Å². The lowest BCUT2D eigenvalue weighted by atomic mass is 9.81. The third kappa shape index (κ3) is 3.98. The summed E-state index contributed by atoms with van der Waals surface area (Å²) in [4.78, 5) is 23.1. The first-order valence-corrected chi connectivity index (χ1v) is 6.37. The molecule has 0 aromatic heterocycles. The molecule has 5 nitrogen and oxygen atoms in total. The topological polar surface area (TPSA) is 92.4 Å². The van der Waals surface area contributed by atoms with Crippen LogP contribution < -0.4 is 11.1 Å². The third-order valence-corrected chi connectivity index (χ3v) is 3.62. The minimum Gasteiger partial charge on any atom is -0.481 e. The van der Waals surface area contributed by atoms with Crippen molar-refractivity contribution in [1.29, 1.82) is 0 Å². The van der Waals surface area contributed by atoms with Crippen LogP contribution in [0.1, 0.15) is 47.5 Å². The van der Waals surface area contributed by atoms with Gasteiger partial charge in [0.15, 0.2) is 0 Å². The highest BCUT2D eigenvalue weighted by atomic mass is 16.4. The number of nitrogens with one attached hydrogen (secondary N) is 1. The van der Waals surface area contributed by atoms with Crippen molar-refractivity contribution in [2.45, 2.75) is 53.5 Å². The molecule has 4 N–H and O–H groups in total. The minimum atomic E-state index is -0.896. The summed E-state index contributed by atoms with van der Waals surface area (Å²) in [5.41, 5.74) is 4.59. The molecule has 1 amide bonds. The largest absolute Gasteiger partial charge is 0.481 e. The fourth-order valence-electron chi connectivity index (χ4n) is 1.64. The lowest BCUT2D eigenvalue weighted by molar-refractivity contribution is -0.149. The van der Waals surface area contributed by atoms with E-state index in [1.807, 2.05) is 34.6 Å². The van der Waals surface area contributed by atoms with Gasteiger partial charge in [-0.1, -0.05) is 34.6 Å². The first kappa shape index (κ1) is 16.9. The van der Waals surface area contributed by atoms with Crippen LogP contribution in [0, 0.1) is 10.8 Å². The maximum Gasteiger partial charge on any atom is 0.311 e. The van der Waals surface area contributed by atoms with Crippen molar-refractivity contribution in [3.05, 3.63) is 0 Å². The zero-order valence-electron chi connectivity index (χ0n) is 12.0. The smallest absolute Gasteiger partial charge is 0.311 e. The molecule has 0 rings (SSSR count). The van der Waals surface area contributed by atoms with Crippen molar-refractivity contribution in [3.8, 4) is 0 Å². The first-order chi connectivity index (χ1) is 8.10. The Hall–Kier alpha value is -1.10. The number of aliphatic carboxylic acids is 1. The Balaban J connectivity index is 4.65. The number of carboxylic acids is 1. The van der Waals surface area contributed by atoms with Crippen molar-refractivity contribution >= 4 is 11.9 Å². The van der Waals surface area contributed by atoms with Crippen LogP contribution in [0.2, 0.25) is 0 Å². The molecular weight excluding hydrogens is 232 g/mol. The molecule has 0 saturated heterocycles. The second-order valence-corrected chi connectivity index (χ2v) is 5.85. The number of carboxylic acid groups (broad SMARTS) is 1. The Morgan fingerprint density at radius 3 is 1.94 bits per heavy atom. The summed E-state index contributed by atoms with van der Waals surface area (Å²) in [7, 11) is 0. The zero-order chi connectivity index (χ0) is 14.6. The Morgan fingerprint density at radius 1 is 1.22 bits per heavy atom. The van der Waals surface area contributed by atoms with Crippen molar-refractivity contribution < 1.29 is 14.7 Å². The fourth-order valence-corrected chi connectivity index (χ4v) is 1.64. The molecular formula is C13H26N2O3. The number of amides is 1. The first-order valence-electron chi connectivity index (χ1n) is 6.37. The number of rotatable bonds is 6. The fraction of sp³-hybridized carbons (Fsp3) is 0.846. The van der Waals surface area contributed by atoms with Crippen LogP contribution in [0.15, 0.2) is 0 Å². The van der Waals surface area contributed by atoms with Gasteiger partial charge in [0.2, 0.25) is 5.91 Å². The van der Waals surface area contributed by atoms with Crippen LogP contribution in [-0.2, 0) is 9.59 Å². The standard InChI is InChI=1S/C13H26N2O3/c1-6-13(7-2,11(17)18)8-15-10(16)9(14)12(3,4)5/h9H,6-8,14H2,1-5H3,(H,15,16)(H,17,18)/t9-/m1/s1. The molecule has 106 valence electrons. The van der Waals surface area contributed by atoms with Gasteiger partial charge in [-0.25, -0.2) is 0 Å². The molecule has 0 fully saturated rings. The molecule has 0 unspecified atom stereocenters. The van der Waals surface area contributed by atoms with Crippen LogP contribution in [-0.4, -0.2) is 29.6 Å². The molecule has 0 saturated carbocycles. The Kier molecular flexibility index (Phi) is 5.80. The highest BCUT2D eigenvalue weighted by molar-refractivity contribution is 5.83. The number of hydrogen-bond donors (Lipinski definition) is 3. The molecule has 0 aliphatic heterocycles. The van der Waals surface area contributed by atoms with Gasteiger partial charge in [0.05, 0.1) is 11.5 Å². The molecule has 0 aromatic carbocycles. The van der Waals surface area contributed by atoms with Crippen LogP contribution in [0.4, 0.5) is 0 Å². The van der Waals surface area contributed by atoms with Crippen LogP contribution >= 0.6 is 0 Å². The Labute approximate surface area is 109 Å². The average Bonchev–Trinajstić information content (AvgIpc) is 2.28. The molecule has 5 heteroatoms. The van der Waals surface area contributed by atoms with E-state index in [0.29, 0.717) is 12.8 Å². The molecule has 0 aliphatic rings. The van der Waals surface area contributed by atoms with Crippen molar-refractivity contribution in [2.24, 2.45) is 16.6 Å². The summed E-state index contributed by atoms with van der Waals surface area (Å²) in [6.07, 6.45) is 0.952. The summed E-state index contributed by atoms with van der Waals surface area (Å²) in [5, 5.41) is 11.9. The van der Waals surface area contributed by atoms with E-state index in [2.05, 4.69) is 5.32 Å². The van der Waals surface area contributed by atoms with Gasteiger partial charge in [0.1, 0.15) is 0 Å². The SMILES string of the molecule is CCC(CC)(CNC(=O)[C@@H](N)C(C)(C)C)C(=O)O. The van der Waals surface area contributed by atoms with Gasteiger partial charge < -0.3 is 16.2 Å². The summed E-state index contributed by atoms with van der Waals surface area (Å²) >= 11 is 0. The van der Waals surface area contributed by atoms with E-state index in [9.17, 15) is 14.7 Å². The van der Waals surface area contributed by atoms with Crippen molar-refractivity contribution in [2.75, 3.05) is 6.54 Å². The van der Waals surface area contributed by atoms with Gasteiger partial charge in [0, 0.05) is 6.54 Å². The number of hydrogen-bond acceptors (Lipinski definition) is 3. The summed E-state index contributed by atoms with van der Waals surface area (Å²) in [5.74, 6) is -1.17. The number of carbonyl (C=O) groups is 2. The highest BCUT2D eigenvalue weighted by Gasteiger charge is 2.36. The Morgan fingerprint density at radius 2 is 1.67 bits per heavy atom. The van der Waals surface area contributed by atoms with E-state index < -0.39 is 17.4 Å². The molecule has 0 bridgehead atoms. The third-order valence-electron chi connectivity index (χ3n) is 3.62. The van der Waals surface area contributed by atoms with Gasteiger partial charge in [0.25, 0.3) is 0 Å². The Bertz CT molecular complexity index is 304. The lowest BCUT2D eigenvalue weighted by Gasteiger charge is -2.30. The van der Waals surface area contributed by atoms with Crippen molar-refractivity contribution in [3.63, 3.8) is 0 Å². The average molecular weight is 258 g/mol. The van der Waals surface area contributed by atoms with Crippen molar-refractivity contribution in [1.82, 2.24) is 5.32 Å². The number of carbonyl (C=O) groups excluding carboxylic acids is 1. The van der Waals surface area contributed by atoms with Gasteiger partial charge in [-0.3, -0.25) is 9.59 Å². The summed E-state index contributed by atoms with van der Waals surface area (Å²) in [6, 6.07) is -0.641. The van der Waals surface area contributed by atoms with E-state index in [1.165, 1.54) is 0 Å². The molecule has 1 atom stereocenters. The molecule has 0 aromatic rings. The zero-order valence-corrected chi connectivity index (χ0v) is 12.0. The summed E-state index contributed by atoms with van der Waals surface area (Å²) < 4.78 is 0. The van der Waals surface area contributed by atoms with Crippen LogP contribution in [0.3, 0.4) is 0 Å². The minimum absolute atomic E-state index is 0.123.